The van der Waals surface area contributed by atoms with E-state index in [9.17, 15) is 9.90 Å². The summed E-state index contributed by atoms with van der Waals surface area (Å²) in [4.78, 5) is 11.7. The van der Waals surface area contributed by atoms with Crippen molar-refractivity contribution in [2.24, 2.45) is 5.92 Å². The molecular formula is C25H31ClO5. The van der Waals surface area contributed by atoms with Gasteiger partial charge in [0, 0.05) is 18.9 Å². The Morgan fingerprint density at radius 1 is 1.19 bits per heavy atom. The topological polar surface area (TPSA) is 65.0 Å². The Bertz CT molecular complexity index is 911. The summed E-state index contributed by atoms with van der Waals surface area (Å²) < 4.78 is 17.5. The number of carboxylic acid groups (broad SMARTS) is 1. The minimum Gasteiger partial charge on any atom is -0.493 e. The molecule has 1 heterocycles. The lowest BCUT2D eigenvalue weighted by Crippen LogP contribution is -2.46. The van der Waals surface area contributed by atoms with E-state index < -0.39 is 11.6 Å². The summed E-state index contributed by atoms with van der Waals surface area (Å²) >= 11 is 6.33. The second kappa shape index (κ2) is 10.3. The number of aliphatic carboxylic acids is 1. The van der Waals surface area contributed by atoms with Gasteiger partial charge in [-0.15, -0.1) is 0 Å². The minimum atomic E-state index is -1.15. The minimum absolute atomic E-state index is 0.422. The van der Waals surface area contributed by atoms with Crippen LogP contribution >= 0.6 is 11.6 Å². The number of hydrogen-bond donors (Lipinski definition) is 1. The Morgan fingerprint density at radius 2 is 1.97 bits per heavy atom. The molecule has 1 aliphatic rings. The quantitative estimate of drug-likeness (QED) is 0.457. The van der Waals surface area contributed by atoms with Crippen LogP contribution < -0.4 is 14.2 Å². The molecule has 0 unspecified atom stereocenters. The summed E-state index contributed by atoms with van der Waals surface area (Å²) in [5.41, 5.74) is 1.07. The van der Waals surface area contributed by atoms with Gasteiger partial charge in [-0.1, -0.05) is 44.5 Å². The number of fused-ring (bicyclic) bond motifs is 1. The maximum absolute atomic E-state index is 11.7. The molecule has 168 valence electrons. The SMILES string of the molecule is CC[C@]1(C(=O)O)CCc2ccc(OCCCOc3ccc(CC(C)C)cc3Cl)cc2O1. The second-order valence-electron chi connectivity index (χ2n) is 8.44. The van der Waals surface area contributed by atoms with Crippen LogP contribution in [0, 0.1) is 5.92 Å². The van der Waals surface area contributed by atoms with Crippen molar-refractivity contribution >= 4 is 17.6 Å². The smallest absolute Gasteiger partial charge is 0.348 e. The fourth-order valence-corrected chi connectivity index (χ4v) is 4.02. The molecule has 0 bridgehead atoms. The average molecular weight is 447 g/mol. The summed E-state index contributed by atoms with van der Waals surface area (Å²) in [5.74, 6) is 1.60. The number of rotatable bonds is 10. The van der Waals surface area contributed by atoms with E-state index >= 15 is 0 Å². The van der Waals surface area contributed by atoms with E-state index in [0.29, 0.717) is 67.1 Å². The van der Waals surface area contributed by atoms with Gasteiger partial charge in [-0.25, -0.2) is 4.79 Å². The van der Waals surface area contributed by atoms with Gasteiger partial charge in [0.15, 0.2) is 0 Å². The van der Waals surface area contributed by atoms with Crippen molar-refractivity contribution in [2.45, 2.75) is 58.5 Å². The van der Waals surface area contributed by atoms with Crippen molar-refractivity contribution < 1.29 is 24.1 Å². The monoisotopic (exact) mass is 446 g/mol. The van der Waals surface area contributed by atoms with Gasteiger partial charge in [0.1, 0.15) is 17.2 Å². The highest BCUT2D eigenvalue weighted by Crippen LogP contribution is 2.37. The van der Waals surface area contributed by atoms with Crippen molar-refractivity contribution in [1.82, 2.24) is 0 Å². The van der Waals surface area contributed by atoms with Crippen molar-refractivity contribution in [2.75, 3.05) is 13.2 Å². The van der Waals surface area contributed by atoms with Crippen molar-refractivity contribution in [3.05, 3.63) is 52.5 Å². The van der Waals surface area contributed by atoms with Crippen LogP contribution in [0.2, 0.25) is 5.02 Å². The molecule has 31 heavy (non-hydrogen) atoms. The summed E-state index contributed by atoms with van der Waals surface area (Å²) in [6.45, 7) is 7.16. The van der Waals surface area contributed by atoms with Crippen LogP contribution in [0.15, 0.2) is 36.4 Å². The first kappa shape index (κ1) is 23.3. The van der Waals surface area contributed by atoms with Gasteiger partial charge < -0.3 is 19.3 Å². The molecule has 1 atom stereocenters. The maximum Gasteiger partial charge on any atom is 0.348 e. The first-order chi connectivity index (χ1) is 14.8. The van der Waals surface area contributed by atoms with Crippen LogP contribution in [0.1, 0.15) is 51.2 Å². The molecule has 1 aliphatic heterocycles. The molecular weight excluding hydrogens is 416 g/mol. The standard InChI is InChI=1S/C25H31ClO5/c1-4-25(24(27)28)11-10-19-7-8-20(16-23(19)31-25)29-12-5-13-30-22-9-6-18(14-17(2)3)15-21(22)26/h6-9,15-17H,4-5,10-14H2,1-3H3,(H,27,28)/t25-/m1/s1. The first-order valence-corrected chi connectivity index (χ1v) is 11.3. The van der Waals surface area contributed by atoms with Crippen molar-refractivity contribution in [3.8, 4) is 17.2 Å². The van der Waals surface area contributed by atoms with Crippen molar-refractivity contribution in [3.63, 3.8) is 0 Å². The van der Waals surface area contributed by atoms with Gasteiger partial charge in [-0.05, 0) is 54.5 Å². The lowest BCUT2D eigenvalue weighted by molar-refractivity contribution is -0.157. The molecule has 0 saturated heterocycles. The molecule has 0 saturated carbocycles. The van der Waals surface area contributed by atoms with Crippen LogP contribution in [0.4, 0.5) is 0 Å². The number of carbonyl (C=O) groups is 1. The van der Waals surface area contributed by atoms with Gasteiger partial charge in [-0.3, -0.25) is 0 Å². The number of carboxylic acids is 1. The summed E-state index contributed by atoms with van der Waals surface area (Å²) in [7, 11) is 0. The Labute approximate surface area is 189 Å². The third kappa shape index (κ3) is 5.85. The molecule has 0 aliphatic carbocycles. The predicted octanol–water partition coefficient (Wildman–Crippen LogP) is 5.94. The fraction of sp³-hybridized carbons (Fsp3) is 0.480. The summed E-state index contributed by atoms with van der Waals surface area (Å²) in [5, 5.41) is 10.2. The molecule has 5 nitrogen and oxygen atoms in total. The predicted molar refractivity (Wildman–Crippen MR) is 122 cm³/mol. The van der Waals surface area contributed by atoms with E-state index in [1.54, 1.807) is 6.07 Å². The van der Waals surface area contributed by atoms with E-state index in [2.05, 4.69) is 19.9 Å². The van der Waals surface area contributed by atoms with Crippen molar-refractivity contribution in [1.29, 1.82) is 0 Å². The van der Waals surface area contributed by atoms with Gasteiger partial charge in [0.25, 0.3) is 0 Å². The Morgan fingerprint density at radius 3 is 2.65 bits per heavy atom. The molecule has 1 N–H and O–H groups in total. The molecule has 0 amide bonds. The van der Waals surface area contributed by atoms with Crippen LogP contribution in [-0.4, -0.2) is 29.9 Å². The first-order valence-electron chi connectivity index (χ1n) is 10.9. The van der Waals surface area contributed by atoms with Crippen LogP contribution in [0.5, 0.6) is 17.2 Å². The molecule has 0 spiro atoms. The molecule has 3 rings (SSSR count). The Kier molecular flexibility index (Phi) is 7.71. The third-order valence-corrected chi connectivity index (χ3v) is 5.85. The Hall–Kier alpha value is -2.40. The zero-order valence-electron chi connectivity index (χ0n) is 18.4. The molecule has 2 aromatic rings. The highest BCUT2D eigenvalue weighted by atomic mass is 35.5. The number of ether oxygens (including phenoxy) is 3. The van der Waals surface area contributed by atoms with Crippen LogP contribution in [-0.2, 0) is 17.6 Å². The zero-order chi connectivity index (χ0) is 22.4. The van der Waals surface area contributed by atoms with E-state index in [-0.39, 0.29) is 0 Å². The number of halogens is 1. The van der Waals surface area contributed by atoms with Gasteiger partial charge in [0.05, 0.1) is 18.2 Å². The van der Waals surface area contributed by atoms with Crippen LogP contribution in [0.25, 0.3) is 0 Å². The normalized spacial score (nSPS) is 17.7. The number of hydrogen-bond acceptors (Lipinski definition) is 4. The zero-order valence-corrected chi connectivity index (χ0v) is 19.2. The van der Waals surface area contributed by atoms with Crippen LogP contribution in [0.3, 0.4) is 0 Å². The largest absolute Gasteiger partial charge is 0.493 e. The van der Waals surface area contributed by atoms with Gasteiger partial charge in [0.2, 0.25) is 5.60 Å². The lowest BCUT2D eigenvalue weighted by Gasteiger charge is -2.34. The lowest BCUT2D eigenvalue weighted by atomic mass is 9.89. The molecule has 6 heteroatoms. The van der Waals surface area contributed by atoms with E-state index in [0.717, 1.165) is 12.0 Å². The highest BCUT2D eigenvalue weighted by molar-refractivity contribution is 6.32. The maximum atomic E-state index is 11.7. The van der Waals surface area contributed by atoms with E-state index in [1.165, 1.54) is 5.56 Å². The van der Waals surface area contributed by atoms with E-state index in [4.69, 9.17) is 25.8 Å². The summed E-state index contributed by atoms with van der Waals surface area (Å²) in [6, 6.07) is 11.6. The molecule has 0 radical (unpaired) electrons. The number of benzene rings is 2. The summed E-state index contributed by atoms with van der Waals surface area (Å²) in [6.07, 6.45) is 3.26. The highest BCUT2D eigenvalue weighted by Gasteiger charge is 2.42. The molecule has 0 aromatic heterocycles. The molecule has 0 fully saturated rings. The second-order valence-corrected chi connectivity index (χ2v) is 8.85. The van der Waals surface area contributed by atoms with Gasteiger partial charge in [-0.2, -0.15) is 0 Å². The molecule has 2 aromatic carbocycles. The van der Waals surface area contributed by atoms with Gasteiger partial charge >= 0.3 is 5.97 Å². The Balaban J connectivity index is 1.49. The fourth-order valence-electron chi connectivity index (χ4n) is 3.77. The van der Waals surface area contributed by atoms with E-state index in [1.807, 2.05) is 31.2 Å². The number of aryl methyl sites for hydroxylation is 1. The third-order valence-electron chi connectivity index (χ3n) is 5.56. The average Bonchev–Trinajstić information content (AvgIpc) is 2.73.